The molecule has 1 fully saturated rings. The largest absolute Gasteiger partial charge is 0.316 e. The SMILES string of the molecule is Cl.Cn1c(SCCn2cc(Cl)cn2)nnc1C1CCCNC1. The zero-order valence-electron chi connectivity index (χ0n) is 12.4. The summed E-state index contributed by atoms with van der Waals surface area (Å²) in [5.41, 5.74) is 0. The molecule has 6 nitrogen and oxygen atoms in total. The minimum absolute atomic E-state index is 0. The van der Waals surface area contributed by atoms with Crippen LogP contribution in [0.25, 0.3) is 0 Å². The molecular formula is C13H20Cl2N6S. The number of halogens is 2. The molecule has 2 aromatic heterocycles. The average Bonchev–Trinajstić information content (AvgIpc) is 3.07. The highest BCUT2D eigenvalue weighted by molar-refractivity contribution is 7.99. The molecule has 1 aliphatic rings. The smallest absolute Gasteiger partial charge is 0.191 e. The van der Waals surface area contributed by atoms with Crippen molar-refractivity contribution in [3.63, 3.8) is 0 Å². The molecule has 1 aliphatic heterocycles. The van der Waals surface area contributed by atoms with Crippen LogP contribution in [0.2, 0.25) is 5.02 Å². The van der Waals surface area contributed by atoms with Gasteiger partial charge in [0, 0.05) is 31.5 Å². The van der Waals surface area contributed by atoms with Gasteiger partial charge in [-0.25, -0.2) is 0 Å². The predicted molar refractivity (Wildman–Crippen MR) is 91.1 cm³/mol. The van der Waals surface area contributed by atoms with Crippen LogP contribution in [-0.4, -0.2) is 43.4 Å². The quantitative estimate of drug-likeness (QED) is 0.827. The molecule has 9 heteroatoms. The summed E-state index contributed by atoms with van der Waals surface area (Å²) in [5.74, 6) is 2.47. The lowest BCUT2D eigenvalue weighted by molar-refractivity contribution is 0.436. The van der Waals surface area contributed by atoms with Gasteiger partial charge in [-0.1, -0.05) is 23.4 Å². The zero-order chi connectivity index (χ0) is 14.7. The Hall–Kier alpha value is -0.760. The van der Waals surface area contributed by atoms with Crippen molar-refractivity contribution in [2.75, 3.05) is 18.8 Å². The van der Waals surface area contributed by atoms with Crippen LogP contribution in [0.5, 0.6) is 0 Å². The fourth-order valence-electron chi connectivity index (χ4n) is 2.57. The Morgan fingerprint density at radius 1 is 1.45 bits per heavy atom. The molecular weight excluding hydrogens is 343 g/mol. The van der Waals surface area contributed by atoms with Gasteiger partial charge in [0.05, 0.1) is 17.8 Å². The van der Waals surface area contributed by atoms with Crippen molar-refractivity contribution in [2.45, 2.75) is 30.5 Å². The third-order valence-corrected chi connectivity index (χ3v) is 4.88. The van der Waals surface area contributed by atoms with Gasteiger partial charge in [-0.3, -0.25) is 4.68 Å². The topological polar surface area (TPSA) is 60.6 Å². The van der Waals surface area contributed by atoms with Crippen LogP contribution in [-0.2, 0) is 13.6 Å². The van der Waals surface area contributed by atoms with E-state index >= 15 is 0 Å². The highest BCUT2D eigenvalue weighted by Gasteiger charge is 2.21. The van der Waals surface area contributed by atoms with Gasteiger partial charge in [0.15, 0.2) is 5.16 Å². The van der Waals surface area contributed by atoms with Gasteiger partial charge in [-0.2, -0.15) is 5.10 Å². The van der Waals surface area contributed by atoms with Crippen LogP contribution < -0.4 is 5.32 Å². The maximum absolute atomic E-state index is 5.85. The maximum atomic E-state index is 5.85. The van der Waals surface area contributed by atoms with Crippen molar-refractivity contribution in [3.05, 3.63) is 23.2 Å². The molecule has 1 N–H and O–H groups in total. The van der Waals surface area contributed by atoms with E-state index in [9.17, 15) is 0 Å². The molecule has 3 heterocycles. The van der Waals surface area contributed by atoms with E-state index in [0.717, 1.165) is 36.4 Å². The van der Waals surface area contributed by atoms with E-state index < -0.39 is 0 Å². The second-order valence-electron chi connectivity index (χ2n) is 5.21. The lowest BCUT2D eigenvalue weighted by atomic mass is 9.99. The minimum Gasteiger partial charge on any atom is -0.316 e. The molecule has 1 unspecified atom stereocenters. The summed E-state index contributed by atoms with van der Waals surface area (Å²) >= 11 is 7.55. The number of aromatic nitrogens is 5. The maximum Gasteiger partial charge on any atom is 0.191 e. The van der Waals surface area contributed by atoms with Crippen LogP contribution >= 0.6 is 35.8 Å². The lowest BCUT2D eigenvalue weighted by Crippen LogP contribution is -2.29. The Bertz CT molecular complexity index is 593. The van der Waals surface area contributed by atoms with Crippen molar-refractivity contribution in [3.8, 4) is 0 Å². The number of nitrogens with zero attached hydrogens (tertiary/aromatic N) is 5. The van der Waals surface area contributed by atoms with Gasteiger partial charge >= 0.3 is 0 Å². The first-order chi connectivity index (χ1) is 10.2. The average molecular weight is 363 g/mol. The summed E-state index contributed by atoms with van der Waals surface area (Å²) in [7, 11) is 2.05. The van der Waals surface area contributed by atoms with E-state index in [1.54, 1.807) is 18.0 Å². The highest BCUT2D eigenvalue weighted by atomic mass is 35.5. The summed E-state index contributed by atoms with van der Waals surface area (Å²) in [6.07, 6.45) is 5.89. The minimum atomic E-state index is 0. The van der Waals surface area contributed by atoms with Gasteiger partial charge < -0.3 is 9.88 Å². The fraction of sp³-hybridized carbons (Fsp3) is 0.615. The van der Waals surface area contributed by atoms with Crippen LogP contribution in [0.1, 0.15) is 24.6 Å². The first-order valence-electron chi connectivity index (χ1n) is 7.15. The lowest BCUT2D eigenvalue weighted by Gasteiger charge is -2.21. The Morgan fingerprint density at radius 3 is 3.00 bits per heavy atom. The summed E-state index contributed by atoms with van der Waals surface area (Å²) < 4.78 is 3.97. The Kier molecular flexibility index (Phi) is 6.55. The Balaban J connectivity index is 0.00000176. The molecule has 22 heavy (non-hydrogen) atoms. The molecule has 3 rings (SSSR count). The van der Waals surface area contributed by atoms with Gasteiger partial charge in [-0.15, -0.1) is 22.6 Å². The van der Waals surface area contributed by atoms with Gasteiger partial charge in [0.2, 0.25) is 0 Å². The summed E-state index contributed by atoms with van der Waals surface area (Å²) in [5, 5.41) is 17.9. The van der Waals surface area contributed by atoms with Crippen LogP contribution in [0.3, 0.4) is 0 Å². The second-order valence-corrected chi connectivity index (χ2v) is 6.71. The third kappa shape index (κ3) is 4.16. The Labute approximate surface area is 145 Å². The number of thioether (sulfide) groups is 1. The number of hydrogen-bond donors (Lipinski definition) is 1. The van der Waals surface area contributed by atoms with E-state index in [-0.39, 0.29) is 12.4 Å². The molecule has 0 amide bonds. The molecule has 0 aromatic carbocycles. The van der Waals surface area contributed by atoms with Crippen LogP contribution in [0.15, 0.2) is 17.6 Å². The third-order valence-electron chi connectivity index (χ3n) is 3.68. The summed E-state index contributed by atoms with van der Waals surface area (Å²) in [6.45, 7) is 2.93. The van der Waals surface area contributed by atoms with E-state index in [1.807, 2.05) is 10.9 Å². The van der Waals surface area contributed by atoms with Crippen molar-refractivity contribution >= 4 is 35.8 Å². The molecule has 1 atom stereocenters. The molecule has 0 radical (unpaired) electrons. The molecule has 0 spiro atoms. The van der Waals surface area contributed by atoms with Crippen LogP contribution in [0.4, 0.5) is 0 Å². The normalized spacial score (nSPS) is 18.2. The number of aryl methyl sites for hydroxylation is 1. The van der Waals surface area contributed by atoms with Gasteiger partial charge in [0.25, 0.3) is 0 Å². The van der Waals surface area contributed by atoms with Crippen LogP contribution in [0, 0.1) is 0 Å². The van der Waals surface area contributed by atoms with Gasteiger partial charge in [-0.05, 0) is 19.4 Å². The molecule has 0 saturated carbocycles. The second kappa shape index (κ2) is 8.19. The molecule has 2 aromatic rings. The van der Waals surface area contributed by atoms with E-state index in [0.29, 0.717) is 10.9 Å². The summed E-state index contributed by atoms with van der Waals surface area (Å²) in [4.78, 5) is 0. The van der Waals surface area contributed by atoms with Crippen molar-refractivity contribution < 1.29 is 0 Å². The first-order valence-corrected chi connectivity index (χ1v) is 8.51. The van der Waals surface area contributed by atoms with Crippen molar-refractivity contribution in [1.82, 2.24) is 29.9 Å². The Morgan fingerprint density at radius 2 is 2.32 bits per heavy atom. The zero-order valence-corrected chi connectivity index (χ0v) is 14.8. The molecule has 0 bridgehead atoms. The number of nitrogens with one attached hydrogen (secondary N) is 1. The molecule has 0 aliphatic carbocycles. The number of rotatable bonds is 5. The van der Waals surface area contributed by atoms with E-state index in [2.05, 4.69) is 32.2 Å². The number of piperidine rings is 1. The van der Waals surface area contributed by atoms with E-state index in [4.69, 9.17) is 11.6 Å². The van der Waals surface area contributed by atoms with Gasteiger partial charge in [0.1, 0.15) is 5.82 Å². The van der Waals surface area contributed by atoms with Crippen molar-refractivity contribution in [1.29, 1.82) is 0 Å². The number of hydrogen-bond acceptors (Lipinski definition) is 5. The first kappa shape index (κ1) is 17.6. The summed E-state index contributed by atoms with van der Waals surface area (Å²) in [6, 6.07) is 0. The predicted octanol–water partition coefficient (Wildman–Crippen LogP) is 2.35. The molecule has 1 saturated heterocycles. The van der Waals surface area contributed by atoms with Crippen molar-refractivity contribution in [2.24, 2.45) is 7.05 Å². The monoisotopic (exact) mass is 362 g/mol. The fourth-order valence-corrected chi connectivity index (χ4v) is 3.57. The standard InChI is InChI=1S/C13H19ClN6S.ClH/c1-19-12(10-3-2-4-15-7-10)17-18-13(19)21-6-5-20-9-11(14)8-16-20;/h8-10,15H,2-7H2,1H3;1H. The molecule has 122 valence electrons. The highest BCUT2D eigenvalue weighted by Crippen LogP contribution is 2.24. The van der Waals surface area contributed by atoms with E-state index in [1.165, 1.54) is 12.8 Å².